The molecule has 18 heavy (non-hydrogen) atoms. The number of halogens is 2. The molecule has 0 spiro atoms. The zero-order valence-electron chi connectivity index (χ0n) is 12.0. The van der Waals surface area contributed by atoms with Crippen molar-refractivity contribution in [3.05, 3.63) is 35.1 Å². The molecular weight excluding hydrogens is 301 g/mol. The van der Waals surface area contributed by atoms with Gasteiger partial charge in [0.25, 0.3) is 0 Å². The number of rotatable bonds is 0. The van der Waals surface area contributed by atoms with Crippen LogP contribution in [-0.2, 0) is 32.5 Å². The first kappa shape index (κ1) is 23.4. The molecule has 4 heteroatoms. The first-order valence-electron chi connectivity index (χ1n) is 5.49. The Morgan fingerprint density at radius 3 is 1.56 bits per heavy atom. The van der Waals surface area contributed by atoms with Gasteiger partial charge in [0, 0.05) is 21.7 Å². The van der Waals surface area contributed by atoms with E-state index in [1.165, 1.54) is 11.1 Å². The number of benzene rings is 1. The summed E-state index contributed by atoms with van der Waals surface area (Å²) in [5.41, 5.74) is 11.3. The molecule has 0 aromatic heterocycles. The van der Waals surface area contributed by atoms with Crippen molar-refractivity contribution in [3.63, 3.8) is 0 Å². The van der Waals surface area contributed by atoms with Gasteiger partial charge in [0.2, 0.25) is 0 Å². The molecule has 0 aliphatic carbocycles. The van der Waals surface area contributed by atoms with Crippen LogP contribution in [-0.4, -0.2) is 0 Å². The second-order valence-electron chi connectivity index (χ2n) is 6.23. The third kappa shape index (κ3) is 5.53. The molecule has 0 aliphatic heterocycles. The summed E-state index contributed by atoms with van der Waals surface area (Å²) in [4.78, 5) is 0. The van der Waals surface area contributed by atoms with Crippen molar-refractivity contribution >= 4 is 30.5 Å². The second kappa shape index (κ2) is 7.80. The van der Waals surface area contributed by atoms with Gasteiger partial charge in [0.1, 0.15) is 0 Å². The summed E-state index contributed by atoms with van der Waals surface area (Å²) >= 11 is 0. The van der Waals surface area contributed by atoms with E-state index in [0.29, 0.717) is 5.69 Å². The summed E-state index contributed by atoms with van der Waals surface area (Å²) in [6.07, 6.45) is 0. The third-order valence-corrected chi connectivity index (χ3v) is 2.62. The minimum absolute atomic E-state index is 0. The van der Waals surface area contributed by atoms with E-state index in [9.17, 15) is 0 Å². The van der Waals surface area contributed by atoms with Gasteiger partial charge in [-0.1, -0.05) is 65.3 Å². The Hall–Kier alpha value is 0.314. The first-order chi connectivity index (χ1) is 6.64. The van der Waals surface area contributed by atoms with Crippen LogP contribution in [0.5, 0.6) is 0 Å². The second-order valence-corrected chi connectivity index (χ2v) is 6.23. The Labute approximate surface area is 139 Å². The Morgan fingerprint density at radius 1 is 0.833 bits per heavy atom. The monoisotopic (exact) mass is 324 g/mol. The molecule has 1 aromatic rings. The molecule has 0 saturated carbocycles. The van der Waals surface area contributed by atoms with Crippen LogP contribution in [0.15, 0.2) is 18.2 Å². The molecule has 0 amide bonds. The molecule has 0 atom stereocenters. The molecule has 0 fully saturated rings. The Bertz CT molecular complexity index is 365. The molecule has 0 bridgehead atoms. The van der Waals surface area contributed by atoms with E-state index in [4.69, 9.17) is 5.73 Å². The van der Waals surface area contributed by atoms with Crippen LogP contribution in [0, 0.1) is 0 Å². The van der Waals surface area contributed by atoms with Gasteiger partial charge in [0.15, 0.2) is 0 Å². The zero-order valence-corrected chi connectivity index (χ0v) is 15.2. The molecular formula is C14H24Cl2NTi-. The van der Waals surface area contributed by atoms with E-state index >= 15 is 0 Å². The quantitative estimate of drug-likeness (QED) is 0.538. The molecule has 0 heterocycles. The number of hydrogen-bond donors (Lipinski definition) is 0. The van der Waals surface area contributed by atoms with Crippen molar-refractivity contribution in [2.45, 2.75) is 52.4 Å². The van der Waals surface area contributed by atoms with Crippen LogP contribution in [0.4, 0.5) is 5.69 Å². The average molecular weight is 325 g/mol. The van der Waals surface area contributed by atoms with Crippen molar-refractivity contribution in [3.8, 4) is 0 Å². The van der Waals surface area contributed by atoms with E-state index < -0.39 is 0 Å². The summed E-state index contributed by atoms with van der Waals surface area (Å²) < 4.78 is 0. The molecule has 1 N–H and O–H groups in total. The van der Waals surface area contributed by atoms with Crippen LogP contribution in [0.2, 0.25) is 0 Å². The minimum atomic E-state index is 0. The topological polar surface area (TPSA) is 23.8 Å². The van der Waals surface area contributed by atoms with Crippen LogP contribution < -0.4 is 0 Å². The van der Waals surface area contributed by atoms with Gasteiger partial charge in [-0.05, 0) is 16.4 Å². The van der Waals surface area contributed by atoms with E-state index in [-0.39, 0.29) is 57.4 Å². The maximum Gasteiger partial charge on any atom is 0 e. The van der Waals surface area contributed by atoms with E-state index in [1.54, 1.807) is 0 Å². The van der Waals surface area contributed by atoms with Gasteiger partial charge in [-0.25, -0.2) is 0 Å². The summed E-state index contributed by atoms with van der Waals surface area (Å²) in [5, 5.41) is 0. The fourth-order valence-electron chi connectivity index (χ4n) is 1.99. The molecule has 0 radical (unpaired) electrons. The largest absolute Gasteiger partial charge is 0.698 e. The summed E-state index contributed by atoms with van der Waals surface area (Å²) in [5.74, 6) is 0. The molecule has 0 unspecified atom stereocenters. The van der Waals surface area contributed by atoms with Gasteiger partial charge in [-0.15, -0.1) is 30.5 Å². The molecule has 0 aliphatic rings. The normalized spacial score (nSPS) is 10.8. The van der Waals surface area contributed by atoms with E-state index in [1.807, 2.05) is 12.1 Å². The summed E-state index contributed by atoms with van der Waals surface area (Å²) in [6.45, 7) is 13.1. The van der Waals surface area contributed by atoms with Gasteiger partial charge in [0.05, 0.1) is 0 Å². The molecule has 0 saturated heterocycles. The first-order valence-corrected chi connectivity index (χ1v) is 5.49. The van der Waals surface area contributed by atoms with Crippen LogP contribution >= 0.6 is 24.8 Å². The van der Waals surface area contributed by atoms with Crippen LogP contribution in [0.25, 0.3) is 5.73 Å². The van der Waals surface area contributed by atoms with Crippen LogP contribution in [0.3, 0.4) is 0 Å². The smallest absolute Gasteiger partial charge is 0 e. The maximum absolute atomic E-state index is 8.05. The van der Waals surface area contributed by atoms with Crippen molar-refractivity contribution in [1.82, 2.24) is 0 Å². The molecule has 104 valence electrons. The summed E-state index contributed by atoms with van der Waals surface area (Å²) in [6, 6.07) is 6.02. The van der Waals surface area contributed by atoms with Gasteiger partial charge in [-0.2, -0.15) is 0 Å². The van der Waals surface area contributed by atoms with Crippen molar-refractivity contribution < 1.29 is 21.7 Å². The average Bonchev–Trinajstić information content (AvgIpc) is 1.99. The minimum Gasteiger partial charge on any atom is -0.698 e. The van der Waals surface area contributed by atoms with Gasteiger partial charge >= 0.3 is 0 Å². The fraction of sp³-hybridized carbons (Fsp3) is 0.571. The Kier molecular flexibility index (Phi) is 10.1. The zero-order chi connectivity index (χ0) is 11.9. The van der Waals surface area contributed by atoms with Gasteiger partial charge < -0.3 is 5.73 Å². The predicted octanol–water partition coefficient (Wildman–Crippen LogP) is 5.81. The molecule has 1 rings (SSSR count). The van der Waals surface area contributed by atoms with Crippen molar-refractivity contribution in [2.24, 2.45) is 0 Å². The standard InChI is InChI=1S/C14H22N.2ClH.Ti/c1-13(2,3)10-8-7-9-11(15)12(10)14(4,5)6;;;/h7-9,15H,1-6H3;2*1H;/q-1;;;. The van der Waals surface area contributed by atoms with Crippen molar-refractivity contribution in [2.75, 3.05) is 0 Å². The van der Waals surface area contributed by atoms with E-state index in [2.05, 4.69) is 47.6 Å². The number of nitrogens with one attached hydrogen (secondary N) is 1. The predicted molar refractivity (Wildman–Crippen MR) is 82.3 cm³/mol. The van der Waals surface area contributed by atoms with Gasteiger partial charge in [-0.3, -0.25) is 0 Å². The van der Waals surface area contributed by atoms with Crippen molar-refractivity contribution in [1.29, 1.82) is 0 Å². The van der Waals surface area contributed by atoms with E-state index in [0.717, 1.165) is 0 Å². The molecule has 1 nitrogen and oxygen atoms in total. The Balaban J connectivity index is -0.000000750. The maximum atomic E-state index is 8.05. The molecule has 1 aromatic carbocycles. The summed E-state index contributed by atoms with van der Waals surface area (Å²) in [7, 11) is 0. The van der Waals surface area contributed by atoms with Crippen LogP contribution in [0.1, 0.15) is 52.7 Å². The fourth-order valence-corrected chi connectivity index (χ4v) is 1.99. The SMILES string of the molecule is CC(C)(C)c1cccc([NH-])c1C(C)(C)C.Cl.Cl.[Ti]. The number of hydrogen-bond acceptors (Lipinski definition) is 0. The Morgan fingerprint density at radius 2 is 1.28 bits per heavy atom. The third-order valence-electron chi connectivity index (χ3n) is 2.62.